The van der Waals surface area contributed by atoms with Gasteiger partial charge in [0, 0.05) is 24.8 Å². The van der Waals surface area contributed by atoms with Crippen LogP contribution >= 0.6 is 0 Å². The Morgan fingerprint density at radius 2 is 2.05 bits per heavy atom. The van der Waals surface area contributed by atoms with Crippen LogP contribution in [0.2, 0.25) is 0 Å². The average molecular weight is 282 g/mol. The van der Waals surface area contributed by atoms with Crippen LogP contribution in [0.25, 0.3) is 0 Å². The van der Waals surface area contributed by atoms with Crippen molar-refractivity contribution in [2.45, 2.75) is 26.1 Å². The normalized spacial score (nSPS) is 22.5. The molecule has 2 amide bonds. The highest BCUT2D eigenvalue weighted by atomic mass is 19.1. The molecule has 0 bridgehead atoms. The summed E-state index contributed by atoms with van der Waals surface area (Å²) in [7, 11) is 1.40. The van der Waals surface area contributed by atoms with Crippen molar-refractivity contribution in [1.82, 2.24) is 4.90 Å². The van der Waals surface area contributed by atoms with Crippen LogP contribution < -0.4 is 10.1 Å². The van der Waals surface area contributed by atoms with Crippen molar-refractivity contribution in [3.63, 3.8) is 0 Å². The second kappa shape index (κ2) is 6.09. The van der Waals surface area contributed by atoms with E-state index in [0.29, 0.717) is 18.8 Å². The molecular weight excluding hydrogens is 263 g/mol. The second-order valence-electron chi connectivity index (χ2n) is 4.94. The quantitative estimate of drug-likeness (QED) is 0.906. The van der Waals surface area contributed by atoms with E-state index in [1.54, 1.807) is 11.0 Å². The molecule has 1 heterocycles. The minimum absolute atomic E-state index is 0.00268. The SMILES string of the molecule is COc1ccc(NC(=O)N2CC(C)OC(C)C2)cc1F. The molecule has 0 saturated carbocycles. The number of urea groups is 1. The Kier molecular flexibility index (Phi) is 4.44. The molecular formula is C14H19FN2O3. The Morgan fingerprint density at radius 1 is 1.40 bits per heavy atom. The number of nitrogens with zero attached hydrogens (tertiary/aromatic N) is 1. The number of benzene rings is 1. The third-order valence-corrected chi connectivity index (χ3v) is 3.11. The smallest absolute Gasteiger partial charge is 0.322 e. The Bertz CT molecular complexity index is 485. The van der Waals surface area contributed by atoms with Crippen molar-refractivity contribution in [2.75, 3.05) is 25.5 Å². The second-order valence-corrected chi connectivity index (χ2v) is 4.94. The number of amides is 2. The number of halogens is 1. The topological polar surface area (TPSA) is 50.8 Å². The number of nitrogens with one attached hydrogen (secondary N) is 1. The van der Waals surface area contributed by atoms with Gasteiger partial charge >= 0.3 is 6.03 Å². The van der Waals surface area contributed by atoms with E-state index in [9.17, 15) is 9.18 Å². The minimum Gasteiger partial charge on any atom is -0.494 e. The van der Waals surface area contributed by atoms with Gasteiger partial charge in [0.1, 0.15) is 0 Å². The summed E-state index contributed by atoms with van der Waals surface area (Å²) in [5.41, 5.74) is 0.403. The highest BCUT2D eigenvalue weighted by molar-refractivity contribution is 5.89. The molecule has 1 aliphatic heterocycles. The number of methoxy groups -OCH3 is 1. The van der Waals surface area contributed by atoms with Gasteiger partial charge in [-0.05, 0) is 26.0 Å². The van der Waals surface area contributed by atoms with Gasteiger partial charge in [-0.15, -0.1) is 0 Å². The highest BCUT2D eigenvalue weighted by Crippen LogP contribution is 2.21. The first kappa shape index (κ1) is 14.6. The monoisotopic (exact) mass is 282 g/mol. The number of hydrogen-bond donors (Lipinski definition) is 1. The predicted molar refractivity (Wildman–Crippen MR) is 73.6 cm³/mol. The van der Waals surface area contributed by atoms with Crippen molar-refractivity contribution in [2.24, 2.45) is 0 Å². The first-order valence-corrected chi connectivity index (χ1v) is 6.54. The van der Waals surface area contributed by atoms with Gasteiger partial charge in [-0.25, -0.2) is 9.18 Å². The maximum atomic E-state index is 13.6. The lowest BCUT2D eigenvalue weighted by Gasteiger charge is -2.35. The number of hydrogen-bond acceptors (Lipinski definition) is 3. The largest absolute Gasteiger partial charge is 0.494 e. The molecule has 0 aliphatic carbocycles. The van der Waals surface area contributed by atoms with E-state index < -0.39 is 5.82 Å². The lowest BCUT2D eigenvalue weighted by molar-refractivity contribution is -0.0530. The number of carbonyl (C=O) groups is 1. The van der Waals surface area contributed by atoms with Crippen LogP contribution in [-0.4, -0.2) is 43.3 Å². The summed E-state index contributed by atoms with van der Waals surface area (Å²) < 4.78 is 24.0. The maximum Gasteiger partial charge on any atom is 0.322 e. The summed E-state index contributed by atoms with van der Waals surface area (Å²) in [6, 6.07) is 4.07. The summed E-state index contributed by atoms with van der Waals surface area (Å²) in [6.07, 6.45) is -0.00536. The van der Waals surface area contributed by atoms with Crippen LogP contribution in [0.1, 0.15) is 13.8 Å². The molecule has 1 N–H and O–H groups in total. The summed E-state index contributed by atoms with van der Waals surface area (Å²) in [5, 5.41) is 2.68. The van der Waals surface area contributed by atoms with E-state index >= 15 is 0 Å². The molecule has 2 atom stereocenters. The van der Waals surface area contributed by atoms with E-state index in [4.69, 9.17) is 9.47 Å². The van der Waals surface area contributed by atoms with Gasteiger partial charge in [0.05, 0.1) is 19.3 Å². The van der Waals surface area contributed by atoms with Crippen molar-refractivity contribution in [3.8, 4) is 5.75 Å². The molecule has 0 spiro atoms. The fourth-order valence-electron chi connectivity index (χ4n) is 2.29. The van der Waals surface area contributed by atoms with Crippen molar-refractivity contribution in [1.29, 1.82) is 0 Å². The van der Waals surface area contributed by atoms with Crippen LogP contribution in [0.5, 0.6) is 5.75 Å². The fraction of sp³-hybridized carbons (Fsp3) is 0.500. The molecule has 2 unspecified atom stereocenters. The predicted octanol–water partition coefficient (Wildman–Crippen LogP) is 2.48. The molecule has 6 heteroatoms. The van der Waals surface area contributed by atoms with Gasteiger partial charge < -0.3 is 19.7 Å². The molecule has 2 rings (SSSR count). The number of morpholine rings is 1. The van der Waals surface area contributed by atoms with E-state index in [2.05, 4.69) is 5.32 Å². The minimum atomic E-state index is -0.506. The summed E-state index contributed by atoms with van der Waals surface area (Å²) in [5.74, 6) is -0.356. The highest BCUT2D eigenvalue weighted by Gasteiger charge is 2.25. The van der Waals surface area contributed by atoms with Crippen LogP contribution in [0.3, 0.4) is 0 Å². The van der Waals surface area contributed by atoms with E-state index in [1.165, 1.54) is 19.2 Å². The Morgan fingerprint density at radius 3 is 2.60 bits per heavy atom. The van der Waals surface area contributed by atoms with E-state index in [1.807, 2.05) is 13.8 Å². The van der Waals surface area contributed by atoms with Gasteiger partial charge in [-0.3, -0.25) is 0 Å². The number of carbonyl (C=O) groups excluding carboxylic acids is 1. The lowest BCUT2D eigenvalue weighted by atomic mass is 10.2. The zero-order valence-electron chi connectivity index (χ0n) is 11.9. The third-order valence-electron chi connectivity index (χ3n) is 3.11. The molecule has 20 heavy (non-hydrogen) atoms. The summed E-state index contributed by atoms with van der Waals surface area (Å²) >= 11 is 0. The Hall–Kier alpha value is -1.82. The molecule has 1 fully saturated rings. The maximum absolute atomic E-state index is 13.6. The molecule has 1 saturated heterocycles. The Labute approximate surface area is 117 Å². The summed E-state index contributed by atoms with van der Waals surface area (Å²) in [4.78, 5) is 13.8. The first-order valence-electron chi connectivity index (χ1n) is 6.54. The Balaban J connectivity index is 2.02. The third kappa shape index (κ3) is 3.39. The van der Waals surface area contributed by atoms with Gasteiger partial charge in [-0.2, -0.15) is 0 Å². The molecule has 110 valence electrons. The number of ether oxygens (including phenoxy) is 2. The summed E-state index contributed by atoms with van der Waals surface area (Å²) in [6.45, 7) is 4.88. The van der Waals surface area contributed by atoms with Crippen molar-refractivity contribution in [3.05, 3.63) is 24.0 Å². The first-order chi connectivity index (χ1) is 9.49. The van der Waals surface area contributed by atoms with Crippen LogP contribution in [0, 0.1) is 5.82 Å². The van der Waals surface area contributed by atoms with Crippen molar-refractivity contribution >= 4 is 11.7 Å². The van der Waals surface area contributed by atoms with Gasteiger partial charge in [0.15, 0.2) is 11.6 Å². The van der Waals surface area contributed by atoms with E-state index in [0.717, 1.165) is 0 Å². The van der Waals surface area contributed by atoms with Crippen molar-refractivity contribution < 1.29 is 18.7 Å². The number of rotatable bonds is 2. The van der Waals surface area contributed by atoms with Gasteiger partial charge in [0.25, 0.3) is 0 Å². The molecule has 0 radical (unpaired) electrons. The van der Waals surface area contributed by atoms with Crippen LogP contribution in [-0.2, 0) is 4.74 Å². The standard InChI is InChI=1S/C14H19FN2O3/c1-9-7-17(8-10(2)20-9)14(18)16-11-4-5-13(19-3)12(15)6-11/h4-6,9-10H,7-8H2,1-3H3,(H,16,18). The number of anilines is 1. The van der Waals surface area contributed by atoms with Crippen LogP contribution in [0.4, 0.5) is 14.9 Å². The molecule has 1 aliphatic rings. The average Bonchev–Trinajstić information content (AvgIpc) is 2.37. The van der Waals surface area contributed by atoms with E-state index in [-0.39, 0.29) is 24.0 Å². The fourth-order valence-corrected chi connectivity index (χ4v) is 2.29. The lowest BCUT2D eigenvalue weighted by Crippen LogP contribution is -2.49. The van der Waals surface area contributed by atoms with Gasteiger partial charge in [-0.1, -0.05) is 0 Å². The van der Waals surface area contributed by atoms with Crippen LogP contribution in [0.15, 0.2) is 18.2 Å². The van der Waals surface area contributed by atoms with Gasteiger partial charge in [0.2, 0.25) is 0 Å². The molecule has 1 aromatic rings. The zero-order valence-corrected chi connectivity index (χ0v) is 11.9. The zero-order chi connectivity index (χ0) is 14.7. The molecule has 1 aromatic carbocycles. The molecule has 0 aromatic heterocycles. The molecule has 5 nitrogen and oxygen atoms in total.